The van der Waals surface area contributed by atoms with Crippen molar-refractivity contribution < 1.29 is 9.90 Å². The number of rotatable bonds is 2. The molecule has 2 heterocycles. The Labute approximate surface area is 102 Å². The number of aryl methyl sites for hydroxylation is 1. The van der Waals surface area contributed by atoms with Gasteiger partial charge in [-0.1, -0.05) is 0 Å². The highest BCUT2D eigenvalue weighted by molar-refractivity contribution is 5.98. The van der Waals surface area contributed by atoms with Gasteiger partial charge >= 0.3 is 5.97 Å². The summed E-state index contributed by atoms with van der Waals surface area (Å²) >= 11 is 0. The summed E-state index contributed by atoms with van der Waals surface area (Å²) < 4.78 is 1.70. The van der Waals surface area contributed by atoms with E-state index in [-0.39, 0.29) is 5.56 Å². The van der Waals surface area contributed by atoms with Gasteiger partial charge in [0.15, 0.2) is 0 Å². The number of carboxylic acids is 1. The van der Waals surface area contributed by atoms with Gasteiger partial charge in [0.05, 0.1) is 17.3 Å². The Hall–Kier alpha value is -2.63. The molecule has 3 aromatic rings. The number of aromatic nitrogens is 4. The van der Waals surface area contributed by atoms with Gasteiger partial charge < -0.3 is 5.11 Å². The molecule has 6 heteroatoms. The van der Waals surface area contributed by atoms with Crippen LogP contribution in [0, 0.1) is 0 Å². The van der Waals surface area contributed by atoms with Crippen molar-refractivity contribution >= 4 is 16.9 Å². The highest BCUT2D eigenvalue weighted by atomic mass is 16.4. The van der Waals surface area contributed by atoms with Gasteiger partial charge in [0, 0.05) is 24.2 Å². The average Bonchev–Trinajstić information content (AvgIpc) is 2.93. The molecule has 0 saturated heterocycles. The van der Waals surface area contributed by atoms with Gasteiger partial charge in [-0.2, -0.15) is 10.2 Å². The van der Waals surface area contributed by atoms with E-state index < -0.39 is 5.97 Å². The first-order chi connectivity index (χ1) is 8.65. The van der Waals surface area contributed by atoms with Gasteiger partial charge in [-0.3, -0.25) is 9.78 Å². The number of carbonyl (C=O) groups is 1. The highest BCUT2D eigenvalue weighted by Crippen LogP contribution is 2.26. The lowest BCUT2D eigenvalue weighted by Gasteiger charge is -1.95. The van der Waals surface area contributed by atoms with Gasteiger partial charge in [-0.25, -0.2) is 4.79 Å². The van der Waals surface area contributed by atoms with Crippen LogP contribution in [0.3, 0.4) is 0 Å². The molecule has 0 aliphatic carbocycles. The smallest absolute Gasteiger partial charge is 0.335 e. The molecule has 0 unspecified atom stereocenters. The number of carboxylic acid groups (broad SMARTS) is 1. The molecule has 0 aliphatic rings. The Bertz CT molecular complexity index is 741. The van der Waals surface area contributed by atoms with E-state index in [0.717, 1.165) is 16.6 Å². The van der Waals surface area contributed by atoms with Gasteiger partial charge in [0.1, 0.15) is 5.69 Å². The van der Waals surface area contributed by atoms with Crippen LogP contribution in [0.4, 0.5) is 0 Å². The zero-order chi connectivity index (χ0) is 12.7. The Kier molecular flexibility index (Phi) is 2.16. The molecule has 1 aromatic carbocycles. The minimum absolute atomic E-state index is 0.240. The number of aromatic carboxylic acids is 1. The molecular weight excluding hydrogens is 232 g/mol. The first-order valence-corrected chi connectivity index (χ1v) is 5.35. The molecule has 0 saturated carbocycles. The fourth-order valence-electron chi connectivity index (χ4n) is 1.92. The van der Waals surface area contributed by atoms with Crippen molar-refractivity contribution in [3.63, 3.8) is 0 Å². The molecule has 3 rings (SSSR count). The molecule has 2 aromatic heterocycles. The second-order valence-electron chi connectivity index (χ2n) is 4.04. The third kappa shape index (κ3) is 1.55. The largest absolute Gasteiger partial charge is 0.478 e. The SMILES string of the molecule is Cn1cc(-c2n[nH]c3cc(C(=O)O)ccc23)cn1. The molecule has 0 bridgehead atoms. The van der Waals surface area contributed by atoms with Crippen molar-refractivity contribution in [1.82, 2.24) is 20.0 Å². The zero-order valence-electron chi connectivity index (χ0n) is 9.58. The van der Waals surface area contributed by atoms with Crippen molar-refractivity contribution in [2.45, 2.75) is 0 Å². The maximum absolute atomic E-state index is 10.9. The van der Waals surface area contributed by atoms with Crippen molar-refractivity contribution in [1.29, 1.82) is 0 Å². The molecule has 0 fully saturated rings. The van der Waals surface area contributed by atoms with E-state index in [1.54, 1.807) is 29.1 Å². The van der Waals surface area contributed by atoms with Crippen molar-refractivity contribution in [3.05, 3.63) is 36.2 Å². The highest BCUT2D eigenvalue weighted by Gasteiger charge is 2.11. The van der Waals surface area contributed by atoms with E-state index >= 15 is 0 Å². The first kappa shape index (κ1) is 10.5. The average molecular weight is 242 g/mol. The number of aromatic amines is 1. The molecule has 90 valence electrons. The number of benzene rings is 1. The monoisotopic (exact) mass is 242 g/mol. The van der Waals surface area contributed by atoms with E-state index in [1.165, 1.54) is 0 Å². The van der Waals surface area contributed by atoms with Crippen LogP contribution in [-0.4, -0.2) is 31.1 Å². The lowest BCUT2D eigenvalue weighted by Crippen LogP contribution is -1.94. The molecule has 18 heavy (non-hydrogen) atoms. The summed E-state index contributed by atoms with van der Waals surface area (Å²) in [6, 6.07) is 4.90. The lowest BCUT2D eigenvalue weighted by atomic mass is 10.1. The third-order valence-electron chi connectivity index (χ3n) is 2.79. The van der Waals surface area contributed by atoms with Crippen LogP contribution >= 0.6 is 0 Å². The molecule has 0 spiro atoms. The summed E-state index contributed by atoms with van der Waals surface area (Å²) in [4.78, 5) is 10.9. The van der Waals surface area contributed by atoms with Gasteiger partial charge in [-0.05, 0) is 18.2 Å². The number of nitrogens with zero attached hydrogens (tertiary/aromatic N) is 3. The normalized spacial score (nSPS) is 10.9. The third-order valence-corrected chi connectivity index (χ3v) is 2.79. The van der Waals surface area contributed by atoms with Gasteiger partial charge in [0.25, 0.3) is 0 Å². The second-order valence-corrected chi connectivity index (χ2v) is 4.04. The van der Waals surface area contributed by atoms with Gasteiger partial charge in [0.2, 0.25) is 0 Å². The molecule has 2 N–H and O–H groups in total. The molecule has 6 nitrogen and oxygen atoms in total. The molecular formula is C12H10N4O2. The molecule has 0 radical (unpaired) electrons. The number of H-pyrrole nitrogens is 1. The summed E-state index contributed by atoms with van der Waals surface area (Å²) in [5, 5.41) is 20.9. The zero-order valence-corrected chi connectivity index (χ0v) is 9.58. The molecule has 0 aliphatic heterocycles. The standard InChI is InChI=1S/C12H10N4O2/c1-16-6-8(5-13-16)11-9-3-2-7(12(17)18)4-10(9)14-15-11/h2-6H,1H3,(H,14,15)(H,17,18). The fraction of sp³-hybridized carbons (Fsp3) is 0.0833. The Morgan fingerprint density at radius 3 is 2.94 bits per heavy atom. The van der Waals surface area contributed by atoms with Crippen molar-refractivity contribution in [2.24, 2.45) is 7.05 Å². The minimum Gasteiger partial charge on any atom is -0.478 e. The lowest BCUT2D eigenvalue weighted by molar-refractivity contribution is 0.0697. The Morgan fingerprint density at radius 2 is 2.28 bits per heavy atom. The topological polar surface area (TPSA) is 83.8 Å². The van der Waals surface area contributed by atoms with Gasteiger partial charge in [-0.15, -0.1) is 0 Å². The predicted octanol–water partition coefficient (Wildman–Crippen LogP) is 1.66. The summed E-state index contributed by atoms with van der Waals surface area (Å²) in [5.74, 6) is -0.950. The summed E-state index contributed by atoms with van der Waals surface area (Å²) in [5.41, 5.74) is 2.61. The van der Waals surface area contributed by atoms with E-state index in [4.69, 9.17) is 5.11 Å². The Balaban J connectivity index is 2.18. The maximum Gasteiger partial charge on any atom is 0.335 e. The van der Waals surface area contributed by atoms with Crippen LogP contribution in [-0.2, 0) is 7.05 Å². The van der Waals surface area contributed by atoms with E-state index in [9.17, 15) is 4.79 Å². The van der Waals surface area contributed by atoms with Crippen LogP contribution in [0.1, 0.15) is 10.4 Å². The van der Waals surface area contributed by atoms with Crippen LogP contribution in [0.5, 0.6) is 0 Å². The van der Waals surface area contributed by atoms with E-state index in [2.05, 4.69) is 15.3 Å². The molecule has 0 atom stereocenters. The summed E-state index contributed by atoms with van der Waals surface area (Å²) in [6.45, 7) is 0. The van der Waals surface area contributed by atoms with E-state index in [1.807, 2.05) is 13.2 Å². The first-order valence-electron chi connectivity index (χ1n) is 5.35. The fourth-order valence-corrected chi connectivity index (χ4v) is 1.92. The maximum atomic E-state index is 10.9. The van der Waals surface area contributed by atoms with Crippen LogP contribution in [0.15, 0.2) is 30.6 Å². The second kappa shape index (κ2) is 3.69. The predicted molar refractivity (Wildman–Crippen MR) is 65.3 cm³/mol. The van der Waals surface area contributed by atoms with Crippen molar-refractivity contribution in [3.8, 4) is 11.3 Å². The van der Waals surface area contributed by atoms with Crippen LogP contribution in [0.25, 0.3) is 22.2 Å². The minimum atomic E-state index is -0.950. The number of fused-ring (bicyclic) bond motifs is 1. The number of nitrogens with one attached hydrogen (secondary N) is 1. The number of hydrogen-bond donors (Lipinski definition) is 2. The summed E-state index contributed by atoms with van der Waals surface area (Å²) in [7, 11) is 1.83. The van der Waals surface area contributed by atoms with E-state index in [0.29, 0.717) is 5.52 Å². The number of hydrogen-bond acceptors (Lipinski definition) is 3. The molecule has 0 amide bonds. The van der Waals surface area contributed by atoms with Crippen LogP contribution < -0.4 is 0 Å². The van der Waals surface area contributed by atoms with Crippen LogP contribution in [0.2, 0.25) is 0 Å². The quantitative estimate of drug-likeness (QED) is 0.715. The summed E-state index contributed by atoms with van der Waals surface area (Å²) in [6.07, 6.45) is 3.58. The van der Waals surface area contributed by atoms with Crippen molar-refractivity contribution in [2.75, 3.05) is 0 Å². The Morgan fingerprint density at radius 1 is 1.44 bits per heavy atom.